The van der Waals surface area contributed by atoms with Crippen LogP contribution in [0.25, 0.3) is 0 Å². The molecule has 0 saturated heterocycles. The van der Waals surface area contributed by atoms with Gasteiger partial charge in [-0.25, -0.2) is 9.18 Å². The Labute approximate surface area is 139 Å². The molecule has 0 radical (unpaired) electrons. The van der Waals surface area contributed by atoms with Crippen LogP contribution in [-0.4, -0.2) is 17.1 Å². The number of amides is 2. The van der Waals surface area contributed by atoms with Crippen LogP contribution < -0.4 is 16.2 Å². The lowest BCUT2D eigenvalue weighted by Crippen LogP contribution is -2.37. The van der Waals surface area contributed by atoms with Gasteiger partial charge in [-0.15, -0.1) is 0 Å². The second kappa shape index (κ2) is 7.29. The first kappa shape index (κ1) is 16.2. The summed E-state index contributed by atoms with van der Waals surface area (Å²) in [4.78, 5) is 24.3. The molecule has 0 atom stereocenters. The minimum absolute atomic E-state index is 0.228. The number of halogens is 1. The smallest absolute Gasteiger partial charge is 0.319 e. The van der Waals surface area contributed by atoms with Crippen molar-refractivity contribution in [3.05, 3.63) is 64.3 Å². The monoisotopic (exact) mass is 329 g/mol. The molecule has 6 heteroatoms. The number of urea groups is 1. The van der Waals surface area contributed by atoms with Gasteiger partial charge >= 0.3 is 6.03 Å². The Morgan fingerprint density at radius 1 is 1.21 bits per heavy atom. The van der Waals surface area contributed by atoms with Gasteiger partial charge in [0, 0.05) is 12.7 Å². The van der Waals surface area contributed by atoms with Gasteiger partial charge in [0.25, 0.3) is 5.56 Å². The lowest BCUT2D eigenvalue weighted by atomic mass is 9.85. The Hall–Kier alpha value is -2.63. The summed E-state index contributed by atoms with van der Waals surface area (Å²) in [6.45, 7) is 0.959. The first-order valence-electron chi connectivity index (χ1n) is 8.10. The number of anilines is 1. The van der Waals surface area contributed by atoms with E-state index in [1.807, 2.05) is 0 Å². The number of hydrogen-bond acceptors (Lipinski definition) is 2. The highest BCUT2D eigenvalue weighted by molar-refractivity contribution is 5.88. The van der Waals surface area contributed by atoms with E-state index < -0.39 is 0 Å². The summed E-state index contributed by atoms with van der Waals surface area (Å²) in [5, 5.41) is 5.40. The van der Waals surface area contributed by atoms with E-state index in [0.717, 1.165) is 18.4 Å². The fourth-order valence-corrected chi connectivity index (χ4v) is 2.64. The van der Waals surface area contributed by atoms with E-state index in [0.29, 0.717) is 19.0 Å². The van der Waals surface area contributed by atoms with Gasteiger partial charge in [0.1, 0.15) is 11.5 Å². The van der Waals surface area contributed by atoms with E-state index in [1.165, 1.54) is 23.1 Å². The SMILES string of the molecule is O=C(NCC1CCC1)Nc1cccn(Cc2ccc(F)cc2)c1=O. The van der Waals surface area contributed by atoms with Crippen LogP contribution in [0.3, 0.4) is 0 Å². The third kappa shape index (κ3) is 4.01. The summed E-state index contributed by atoms with van der Waals surface area (Å²) in [5.74, 6) is 0.242. The van der Waals surface area contributed by atoms with Crippen molar-refractivity contribution in [3.63, 3.8) is 0 Å². The summed E-state index contributed by atoms with van der Waals surface area (Å²) in [7, 11) is 0. The molecular formula is C18H20FN3O2. The summed E-state index contributed by atoms with van der Waals surface area (Å²) in [6, 6.07) is 8.89. The fraction of sp³-hybridized carbons (Fsp3) is 0.333. The second-order valence-corrected chi connectivity index (χ2v) is 6.11. The van der Waals surface area contributed by atoms with Crippen LogP contribution >= 0.6 is 0 Å². The Balaban J connectivity index is 1.64. The van der Waals surface area contributed by atoms with Crippen molar-refractivity contribution in [2.45, 2.75) is 25.8 Å². The van der Waals surface area contributed by atoms with Gasteiger partial charge in [0.05, 0.1) is 6.54 Å². The molecule has 0 aliphatic heterocycles. The van der Waals surface area contributed by atoms with Crippen molar-refractivity contribution in [2.24, 2.45) is 5.92 Å². The van der Waals surface area contributed by atoms with Crippen molar-refractivity contribution in [2.75, 3.05) is 11.9 Å². The zero-order chi connectivity index (χ0) is 16.9. The standard InChI is InChI=1S/C18H20FN3O2/c19-15-8-6-14(7-9-15)12-22-10-2-5-16(17(22)23)21-18(24)20-11-13-3-1-4-13/h2,5-10,13H,1,3-4,11-12H2,(H2,20,21,24). The highest BCUT2D eigenvalue weighted by atomic mass is 19.1. The van der Waals surface area contributed by atoms with Crippen LogP contribution in [0.4, 0.5) is 14.9 Å². The predicted molar refractivity (Wildman–Crippen MR) is 90.6 cm³/mol. The molecular weight excluding hydrogens is 309 g/mol. The number of pyridine rings is 1. The Bertz CT molecular complexity index is 767. The number of aromatic nitrogens is 1. The predicted octanol–water partition coefficient (Wildman–Crippen LogP) is 2.96. The molecule has 24 heavy (non-hydrogen) atoms. The van der Waals surface area contributed by atoms with Gasteiger partial charge in [0.15, 0.2) is 0 Å². The number of rotatable bonds is 5. The minimum atomic E-state index is -0.362. The third-order valence-corrected chi connectivity index (χ3v) is 4.31. The zero-order valence-electron chi connectivity index (χ0n) is 13.3. The lowest BCUT2D eigenvalue weighted by Gasteiger charge is -2.25. The van der Waals surface area contributed by atoms with E-state index in [9.17, 15) is 14.0 Å². The van der Waals surface area contributed by atoms with Crippen LogP contribution in [0.1, 0.15) is 24.8 Å². The molecule has 1 aliphatic carbocycles. The molecule has 1 aliphatic rings. The maximum atomic E-state index is 12.9. The normalized spacial score (nSPS) is 14.0. The zero-order valence-corrected chi connectivity index (χ0v) is 13.3. The van der Waals surface area contributed by atoms with Gasteiger partial charge < -0.3 is 15.2 Å². The summed E-state index contributed by atoms with van der Waals surface area (Å²) in [6.07, 6.45) is 5.16. The Morgan fingerprint density at radius 2 is 1.96 bits per heavy atom. The van der Waals surface area contributed by atoms with Gasteiger partial charge in [0.2, 0.25) is 0 Å². The van der Waals surface area contributed by atoms with E-state index in [1.54, 1.807) is 30.5 Å². The Morgan fingerprint density at radius 3 is 2.62 bits per heavy atom. The number of benzene rings is 1. The Kier molecular flexibility index (Phi) is 4.93. The van der Waals surface area contributed by atoms with Crippen LogP contribution in [0.2, 0.25) is 0 Å². The molecule has 2 amide bonds. The molecule has 0 bridgehead atoms. The average molecular weight is 329 g/mol. The molecule has 1 aromatic heterocycles. The molecule has 126 valence electrons. The van der Waals surface area contributed by atoms with Crippen molar-refractivity contribution in [3.8, 4) is 0 Å². The van der Waals surface area contributed by atoms with Crippen LogP contribution in [0.5, 0.6) is 0 Å². The van der Waals surface area contributed by atoms with Crippen molar-refractivity contribution in [1.29, 1.82) is 0 Å². The van der Waals surface area contributed by atoms with Gasteiger partial charge in [-0.1, -0.05) is 18.6 Å². The first-order chi connectivity index (χ1) is 11.6. The van der Waals surface area contributed by atoms with E-state index in [-0.39, 0.29) is 23.1 Å². The van der Waals surface area contributed by atoms with Crippen molar-refractivity contribution in [1.82, 2.24) is 9.88 Å². The van der Waals surface area contributed by atoms with E-state index >= 15 is 0 Å². The molecule has 2 aromatic rings. The van der Waals surface area contributed by atoms with Crippen molar-refractivity contribution >= 4 is 11.7 Å². The number of hydrogen-bond donors (Lipinski definition) is 2. The van der Waals surface area contributed by atoms with Crippen molar-refractivity contribution < 1.29 is 9.18 Å². The summed E-state index contributed by atoms with van der Waals surface area (Å²) >= 11 is 0. The highest BCUT2D eigenvalue weighted by Crippen LogP contribution is 2.25. The van der Waals surface area contributed by atoms with Gasteiger partial charge in [-0.05, 0) is 48.6 Å². The molecule has 1 saturated carbocycles. The van der Waals surface area contributed by atoms with Crippen LogP contribution in [0.15, 0.2) is 47.4 Å². The maximum absolute atomic E-state index is 12.9. The molecule has 0 unspecified atom stereocenters. The largest absolute Gasteiger partial charge is 0.338 e. The minimum Gasteiger partial charge on any atom is -0.338 e. The first-order valence-corrected chi connectivity index (χ1v) is 8.10. The fourth-order valence-electron chi connectivity index (χ4n) is 2.64. The lowest BCUT2D eigenvalue weighted by molar-refractivity contribution is 0.243. The number of nitrogens with one attached hydrogen (secondary N) is 2. The van der Waals surface area contributed by atoms with E-state index in [4.69, 9.17) is 0 Å². The average Bonchev–Trinajstić information content (AvgIpc) is 2.52. The van der Waals surface area contributed by atoms with E-state index in [2.05, 4.69) is 10.6 Å². The maximum Gasteiger partial charge on any atom is 0.319 e. The summed E-state index contributed by atoms with van der Waals surface area (Å²) < 4.78 is 14.4. The molecule has 1 heterocycles. The summed E-state index contributed by atoms with van der Waals surface area (Å²) in [5.41, 5.74) is 0.747. The number of nitrogens with zero attached hydrogens (tertiary/aromatic N) is 1. The van der Waals surface area contributed by atoms with Gasteiger partial charge in [-0.3, -0.25) is 4.79 Å². The van der Waals surface area contributed by atoms with Gasteiger partial charge in [-0.2, -0.15) is 0 Å². The molecule has 1 aromatic carbocycles. The number of carbonyl (C=O) groups is 1. The molecule has 0 spiro atoms. The topological polar surface area (TPSA) is 63.1 Å². The molecule has 1 fully saturated rings. The molecule has 3 rings (SSSR count). The second-order valence-electron chi connectivity index (χ2n) is 6.11. The molecule has 2 N–H and O–H groups in total. The quantitative estimate of drug-likeness (QED) is 0.886. The molecule has 5 nitrogen and oxygen atoms in total. The number of carbonyl (C=O) groups excluding carboxylic acids is 1. The van der Waals surface area contributed by atoms with Crippen LogP contribution in [-0.2, 0) is 6.54 Å². The van der Waals surface area contributed by atoms with Crippen LogP contribution in [0, 0.1) is 11.7 Å². The highest BCUT2D eigenvalue weighted by Gasteiger charge is 2.18. The third-order valence-electron chi connectivity index (χ3n) is 4.31.